The van der Waals surface area contributed by atoms with E-state index in [9.17, 15) is 0 Å². The highest BCUT2D eigenvalue weighted by Gasteiger charge is 2.44. The molecule has 1 saturated heterocycles. The number of benzene rings is 2. The molecule has 4 rings (SSSR count). The molecule has 0 aliphatic carbocycles. The lowest BCUT2D eigenvalue weighted by Crippen LogP contribution is -2.50. The maximum Gasteiger partial charge on any atom is 0.191 e. The Balaban J connectivity index is 1.46. The van der Waals surface area contributed by atoms with E-state index >= 15 is 0 Å². The molecule has 0 spiro atoms. The van der Waals surface area contributed by atoms with Crippen LogP contribution < -0.4 is 0 Å². The van der Waals surface area contributed by atoms with Crippen LogP contribution in [0.1, 0.15) is 58.9 Å². The third-order valence-electron chi connectivity index (χ3n) is 7.82. The molecule has 1 atom stereocenters. The molecule has 0 radical (unpaired) electrons. The van der Waals surface area contributed by atoms with E-state index in [1.54, 1.807) is 0 Å². The quantitative estimate of drug-likeness (QED) is 0.306. The molecular formula is C29H45N3SSi. The van der Waals surface area contributed by atoms with Gasteiger partial charge >= 0.3 is 0 Å². The van der Waals surface area contributed by atoms with Crippen molar-refractivity contribution in [2.45, 2.75) is 65.5 Å². The van der Waals surface area contributed by atoms with Crippen LogP contribution in [0.3, 0.4) is 0 Å². The lowest BCUT2D eigenvalue weighted by molar-refractivity contribution is 0.364. The van der Waals surface area contributed by atoms with Crippen LogP contribution >= 0.6 is 11.2 Å². The van der Waals surface area contributed by atoms with Crippen molar-refractivity contribution >= 4 is 35.2 Å². The molecule has 3 nitrogen and oxygen atoms in total. The zero-order valence-electron chi connectivity index (χ0n) is 22.1. The molecule has 1 unspecified atom stereocenters. The third kappa shape index (κ3) is 5.91. The fraction of sp³-hybridized carbons (Fsp3) is 0.621. The van der Waals surface area contributed by atoms with Gasteiger partial charge in [-0.1, -0.05) is 89.9 Å². The summed E-state index contributed by atoms with van der Waals surface area (Å²) in [6, 6.07) is 18.5. The topological polar surface area (TPSA) is 18.8 Å². The lowest BCUT2D eigenvalue weighted by Gasteiger charge is -2.38. The first-order valence-electron chi connectivity index (χ1n) is 13.6. The summed E-state index contributed by atoms with van der Waals surface area (Å²) in [5.41, 5.74) is 1.41. The van der Waals surface area contributed by atoms with Gasteiger partial charge in [-0.05, 0) is 40.3 Å². The summed E-state index contributed by atoms with van der Waals surface area (Å²) in [5.74, 6) is 4.61. The monoisotopic (exact) mass is 495 g/mol. The van der Waals surface area contributed by atoms with E-state index < -0.39 is 7.38 Å². The Morgan fingerprint density at radius 1 is 0.882 bits per heavy atom. The number of aliphatic imine (C=N–C) groups is 1. The molecule has 2 aliphatic heterocycles. The molecule has 1 fully saturated rings. The van der Waals surface area contributed by atoms with Crippen molar-refractivity contribution in [3.05, 3.63) is 48.0 Å². The van der Waals surface area contributed by atoms with Crippen molar-refractivity contribution in [3.8, 4) is 0 Å². The second-order valence-corrected chi connectivity index (χ2v) is 18.5. The van der Waals surface area contributed by atoms with Gasteiger partial charge in [0.2, 0.25) is 0 Å². The van der Waals surface area contributed by atoms with Crippen LogP contribution in [0.2, 0.25) is 12.1 Å². The second-order valence-electron chi connectivity index (χ2n) is 11.2. The van der Waals surface area contributed by atoms with Crippen LogP contribution in [-0.4, -0.2) is 61.2 Å². The second kappa shape index (κ2) is 11.6. The van der Waals surface area contributed by atoms with Crippen molar-refractivity contribution in [2.75, 3.05) is 38.5 Å². The standard InChI is InChI=1S/C29H45N3SSi/c1-23(2)13-21-34(22-14-24(3)4)32(19-20-33-34)18-17-31-16-15-30-29(31)25(5)27-12-8-10-26-9-6-7-11-28(26)27/h6-12,23-25H,13-22H2,1-5H3. The molecule has 186 valence electrons. The molecule has 2 aliphatic rings. The third-order valence-corrected chi connectivity index (χ3v) is 16.7. The van der Waals surface area contributed by atoms with Gasteiger partial charge in [0.05, 0.1) is 6.54 Å². The van der Waals surface area contributed by atoms with Crippen LogP contribution in [-0.2, 0) is 0 Å². The van der Waals surface area contributed by atoms with Gasteiger partial charge in [-0.3, -0.25) is 4.99 Å². The average Bonchev–Trinajstić information content (AvgIpc) is 3.46. The maximum absolute atomic E-state index is 5.03. The minimum atomic E-state index is -1.43. The molecule has 0 aromatic heterocycles. The predicted molar refractivity (Wildman–Crippen MR) is 155 cm³/mol. The van der Waals surface area contributed by atoms with Crippen molar-refractivity contribution < 1.29 is 0 Å². The number of hydrogen-bond donors (Lipinski definition) is 0. The largest absolute Gasteiger partial charge is 0.357 e. The van der Waals surface area contributed by atoms with Gasteiger partial charge < -0.3 is 9.47 Å². The Hall–Kier alpha value is -1.30. The highest BCUT2D eigenvalue weighted by atomic mass is 32.4. The van der Waals surface area contributed by atoms with Gasteiger partial charge in [0, 0.05) is 37.8 Å². The van der Waals surface area contributed by atoms with Crippen LogP contribution in [0.5, 0.6) is 0 Å². The Morgan fingerprint density at radius 3 is 2.32 bits per heavy atom. The zero-order valence-corrected chi connectivity index (χ0v) is 23.9. The molecular weight excluding hydrogens is 450 g/mol. The highest BCUT2D eigenvalue weighted by Crippen LogP contribution is 2.41. The molecule has 0 N–H and O–H groups in total. The van der Waals surface area contributed by atoms with Gasteiger partial charge in [-0.15, -0.1) is 0 Å². The Bertz CT molecular complexity index is 956. The van der Waals surface area contributed by atoms with Crippen LogP contribution in [0, 0.1) is 11.8 Å². The van der Waals surface area contributed by atoms with E-state index in [-0.39, 0.29) is 0 Å². The first-order valence-corrected chi connectivity index (χ1v) is 17.6. The van der Waals surface area contributed by atoms with Gasteiger partial charge in [0.1, 0.15) is 5.84 Å². The SMILES string of the molecule is CC(C)CC[Si]1(CCC(C)C)SCCN1CCN1CCN=C1C(C)c1cccc2ccccc12. The molecule has 0 saturated carbocycles. The minimum Gasteiger partial charge on any atom is -0.357 e. The smallest absolute Gasteiger partial charge is 0.191 e. The van der Waals surface area contributed by atoms with Crippen LogP contribution in [0.25, 0.3) is 10.8 Å². The van der Waals surface area contributed by atoms with E-state index in [1.807, 2.05) is 0 Å². The van der Waals surface area contributed by atoms with E-state index in [4.69, 9.17) is 4.99 Å². The van der Waals surface area contributed by atoms with Crippen molar-refractivity contribution in [3.63, 3.8) is 0 Å². The summed E-state index contributed by atoms with van der Waals surface area (Å²) in [4.78, 5) is 7.64. The molecule has 34 heavy (non-hydrogen) atoms. The highest BCUT2D eigenvalue weighted by molar-refractivity contribution is 8.29. The lowest BCUT2D eigenvalue weighted by atomic mass is 9.93. The maximum atomic E-state index is 5.03. The van der Waals surface area contributed by atoms with Crippen molar-refractivity contribution in [2.24, 2.45) is 16.8 Å². The van der Waals surface area contributed by atoms with E-state index in [0.29, 0.717) is 5.92 Å². The van der Waals surface area contributed by atoms with E-state index in [2.05, 4.69) is 97.8 Å². The molecule has 2 aromatic carbocycles. The molecule has 2 heterocycles. The summed E-state index contributed by atoms with van der Waals surface area (Å²) < 4.78 is 2.99. The van der Waals surface area contributed by atoms with Crippen molar-refractivity contribution in [1.29, 1.82) is 0 Å². The normalized spacial score (nSPS) is 19.5. The van der Waals surface area contributed by atoms with Crippen LogP contribution in [0.4, 0.5) is 0 Å². The van der Waals surface area contributed by atoms with Crippen molar-refractivity contribution in [1.82, 2.24) is 9.47 Å². The summed E-state index contributed by atoms with van der Waals surface area (Å²) in [6.45, 7) is 17.6. The first kappa shape index (κ1) is 25.8. The van der Waals surface area contributed by atoms with Gasteiger partial charge in [-0.25, -0.2) is 0 Å². The number of nitrogens with zero attached hydrogens (tertiary/aromatic N) is 3. The number of hydrogen-bond acceptors (Lipinski definition) is 4. The van der Waals surface area contributed by atoms with Crippen LogP contribution in [0.15, 0.2) is 47.5 Å². The summed E-state index contributed by atoms with van der Waals surface area (Å²) in [6.07, 6.45) is 2.78. The van der Waals surface area contributed by atoms with E-state index in [1.165, 1.54) is 65.9 Å². The zero-order chi connectivity index (χ0) is 24.1. The summed E-state index contributed by atoms with van der Waals surface area (Å²) in [7, 11) is -1.43. The molecule has 5 heteroatoms. The van der Waals surface area contributed by atoms with Gasteiger partial charge in [0.25, 0.3) is 0 Å². The molecule has 0 amide bonds. The average molecular weight is 496 g/mol. The summed E-state index contributed by atoms with van der Waals surface area (Å²) >= 11 is 2.39. The van der Waals surface area contributed by atoms with Gasteiger partial charge in [0.15, 0.2) is 7.38 Å². The predicted octanol–water partition coefficient (Wildman–Crippen LogP) is 7.24. The number of amidine groups is 1. The molecule has 0 bridgehead atoms. The van der Waals surface area contributed by atoms with Gasteiger partial charge in [-0.2, -0.15) is 11.2 Å². The fourth-order valence-electron chi connectivity index (χ4n) is 5.72. The molecule has 2 aromatic rings. The Kier molecular flexibility index (Phi) is 8.81. The fourth-order valence-corrected chi connectivity index (χ4v) is 15.1. The number of fused-ring (bicyclic) bond motifs is 1. The Labute approximate surface area is 213 Å². The Morgan fingerprint density at radius 2 is 1.59 bits per heavy atom. The summed E-state index contributed by atoms with van der Waals surface area (Å²) in [5, 5.41) is 2.70. The first-order chi connectivity index (χ1) is 16.4. The van der Waals surface area contributed by atoms with E-state index in [0.717, 1.165) is 31.5 Å². The number of rotatable bonds is 11. The minimum absolute atomic E-state index is 0.338.